The van der Waals surface area contributed by atoms with E-state index in [9.17, 15) is 9.59 Å². The largest absolute Gasteiger partial charge is 0.494 e. The van der Waals surface area contributed by atoms with Gasteiger partial charge in [-0.1, -0.05) is 30.3 Å². The fourth-order valence-electron chi connectivity index (χ4n) is 3.64. The van der Waals surface area contributed by atoms with E-state index in [-0.39, 0.29) is 17.7 Å². The molecule has 3 aromatic carbocycles. The Hall–Kier alpha value is -4.06. The SMILES string of the molecule is CCOc1ccc(NC2=C(c3ccccc3)C(=O)N(c3ccc(OC(C)C)cc3)C2=O)cc1. The molecule has 0 atom stereocenters. The van der Waals surface area contributed by atoms with Crippen molar-refractivity contribution in [1.29, 1.82) is 0 Å². The van der Waals surface area contributed by atoms with Crippen molar-refractivity contribution in [2.45, 2.75) is 26.9 Å². The van der Waals surface area contributed by atoms with E-state index in [2.05, 4.69) is 5.32 Å². The molecule has 168 valence electrons. The smallest absolute Gasteiger partial charge is 0.282 e. The zero-order valence-corrected chi connectivity index (χ0v) is 18.9. The molecule has 0 unspecified atom stereocenters. The quantitative estimate of drug-likeness (QED) is 0.482. The molecule has 0 spiro atoms. The molecule has 2 amide bonds. The molecule has 0 radical (unpaired) electrons. The van der Waals surface area contributed by atoms with E-state index in [1.54, 1.807) is 24.3 Å². The molecular formula is C27H26N2O4. The van der Waals surface area contributed by atoms with Crippen molar-refractivity contribution in [3.05, 3.63) is 90.1 Å². The molecule has 1 aliphatic heterocycles. The molecule has 0 aromatic heterocycles. The maximum atomic E-state index is 13.5. The monoisotopic (exact) mass is 442 g/mol. The molecule has 6 heteroatoms. The third-order valence-electron chi connectivity index (χ3n) is 5.05. The molecule has 0 saturated carbocycles. The molecule has 0 fully saturated rings. The van der Waals surface area contributed by atoms with Crippen LogP contribution < -0.4 is 19.7 Å². The average Bonchev–Trinajstić information content (AvgIpc) is 3.05. The fraction of sp³-hybridized carbons (Fsp3) is 0.185. The van der Waals surface area contributed by atoms with Crippen molar-refractivity contribution < 1.29 is 19.1 Å². The van der Waals surface area contributed by atoms with Gasteiger partial charge in [-0.25, -0.2) is 4.90 Å². The van der Waals surface area contributed by atoms with E-state index in [0.29, 0.717) is 34.9 Å². The van der Waals surface area contributed by atoms with Gasteiger partial charge < -0.3 is 14.8 Å². The zero-order valence-electron chi connectivity index (χ0n) is 18.9. The summed E-state index contributed by atoms with van der Waals surface area (Å²) in [5, 5.41) is 3.16. The van der Waals surface area contributed by atoms with Crippen molar-refractivity contribution in [2.24, 2.45) is 0 Å². The minimum Gasteiger partial charge on any atom is -0.494 e. The first-order valence-corrected chi connectivity index (χ1v) is 10.9. The molecule has 4 rings (SSSR count). The van der Waals surface area contributed by atoms with Crippen molar-refractivity contribution in [3.63, 3.8) is 0 Å². The Bertz CT molecular complexity index is 1170. The molecular weight excluding hydrogens is 416 g/mol. The number of anilines is 2. The number of carbonyl (C=O) groups excluding carboxylic acids is 2. The third-order valence-corrected chi connectivity index (χ3v) is 5.05. The van der Waals surface area contributed by atoms with Crippen LogP contribution in [-0.4, -0.2) is 24.5 Å². The first-order chi connectivity index (χ1) is 16.0. The van der Waals surface area contributed by atoms with Gasteiger partial charge in [-0.3, -0.25) is 9.59 Å². The third kappa shape index (κ3) is 4.75. The maximum Gasteiger partial charge on any atom is 0.282 e. The first-order valence-electron chi connectivity index (χ1n) is 10.9. The highest BCUT2D eigenvalue weighted by atomic mass is 16.5. The first kappa shape index (κ1) is 22.1. The van der Waals surface area contributed by atoms with Crippen molar-refractivity contribution >= 4 is 28.8 Å². The second-order valence-corrected chi connectivity index (χ2v) is 7.80. The van der Waals surface area contributed by atoms with E-state index in [1.807, 2.05) is 75.4 Å². The van der Waals surface area contributed by atoms with Gasteiger partial charge in [-0.2, -0.15) is 0 Å². The second kappa shape index (κ2) is 9.61. The van der Waals surface area contributed by atoms with Gasteiger partial charge in [0.2, 0.25) is 0 Å². The molecule has 3 aromatic rings. The van der Waals surface area contributed by atoms with Crippen molar-refractivity contribution in [2.75, 3.05) is 16.8 Å². The predicted octanol–water partition coefficient (Wildman–Crippen LogP) is 5.27. The summed E-state index contributed by atoms with van der Waals surface area (Å²) in [5.41, 5.74) is 2.41. The summed E-state index contributed by atoms with van der Waals surface area (Å²) < 4.78 is 11.2. The maximum absolute atomic E-state index is 13.5. The van der Waals surface area contributed by atoms with Gasteiger partial charge >= 0.3 is 0 Å². The van der Waals surface area contributed by atoms with Gasteiger partial charge in [-0.05, 0) is 74.9 Å². The number of ether oxygens (including phenoxy) is 2. The molecule has 6 nitrogen and oxygen atoms in total. The summed E-state index contributed by atoms with van der Waals surface area (Å²) in [7, 11) is 0. The summed E-state index contributed by atoms with van der Waals surface area (Å²) >= 11 is 0. The van der Waals surface area contributed by atoms with Crippen LogP contribution in [0.3, 0.4) is 0 Å². The van der Waals surface area contributed by atoms with Crippen molar-refractivity contribution in [3.8, 4) is 11.5 Å². The lowest BCUT2D eigenvalue weighted by Crippen LogP contribution is -2.32. The Labute approximate surface area is 193 Å². The number of carbonyl (C=O) groups is 2. The van der Waals surface area contributed by atoms with Crippen LogP contribution in [0.2, 0.25) is 0 Å². The summed E-state index contributed by atoms with van der Waals surface area (Å²) in [6.07, 6.45) is 0.0298. The van der Waals surface area contributed by atoms with Crippen LogP contribution in [0.5, 0.6) is 11.5 Å². The van der Waals surface area contributed by atoms with Crippen LogP contribution in [0.4, 0.5) is 11.4 Å². The fourth-order valence-corrected chi connectivity index (χ4v) is 3.64. The van der Waals surface area contributed by atoms with Gasteiger partial charge in [0.15, 0.2) is 0 Å². The lowest BCUT2D eigenvalue weighted by Gasteiger charge is -2.17. The number of imide groups is 1. The van der Waals surface area contributed by atoms with Crippen LogP contribution in [0.1, 0.15) is 26.3 Å². The van der Waals surface area contributed by atoms with Crippen LogP contribution in [-0.2, 0) is 9.59 Å². The summed E-state index contributed by atoms with van der Waals surface area (Å²) in [4.78, 5) is 28.1. The highest BCUT2D eigenvalue weighted by Gasteiger charge is 2.40. The van der Waals surface area contributed by atoms with E-state index in [1.165, 1.54) is 4.90 Å². The molecule has 0 aliphatic carbocycles. The van der Waals surface area contributed by atoms with Crippen LogP contribution in [0, 0.1) is 0 Å². The van der Waals surface area contributed by atoms with Crippen LogP contribution in [0.15, 0.2) is 84.6 Å². The minimum absolute atomic E-state index is 0.0298. The lowest BCUT2D eigenvalue weighted by atomic mass is 10.0. The number of rotatable bonds is 8. The highest BCUT2D eigenvalue weighted by molar-refractivity contribution is 6.46. The topological polar surface area (TPSA) is 67.9 Å². The van der Waals surface area contributed by atoms with Crippen LogP contribution in [0.25, 0.3) is 5.57 Å². The Balaban J connectivity index is 1.69. The Kier molecular flexibility index (Phi) is 6.45. The molecule has 0 saturated heterocycles. The molecule has 1 N–H and O–H groups in total. The van der Waals surface area contributed by atoms with E-state index >= 15 is 0 Å². The Morgan fingerprint density at radius 1 is 0.818 bits per heavy atom. The second-order valence-electron chi connectivity index (χ2n) is 7.80. The van der Waals surface area contributed by atoms with Crippen molar-refractivity contribution in [1.82, 2.24) is 0 Å². The Morgan fingerprint density at radius 3 is 2.06 bits per heavy atom. The predicted molar refractivity (Wildman–Crippen MR) is 129 cm³/mol. The van der Waals surface area contributed by atoms with Gasteiger partial charge in [0.1, 0.15) is 17.2 Å². The molecule has 33 heavy (non-hydrogen) atoms. The summed E-state index contributed by atoms with van der Waals surface area (Å²) in [5.74, 6) is 0.624. The van der Waals surface area contributed by atoms with Gasteiger partial charge in [-0.15, -0.1) is 0 Å². The minimum atomic E-state index is -0.412. The van der Waals surface area contributed by atoms with E-state index in [4.69, 9.17) is 9.47 Å². The summed E-state index contributed by atoms with van der Waals surface area (Å²) in [6, 6.07) is 23.4. The number of hydrogen-bond donors (Lipinski definition) is 1. The van der Waals surface area contributed by atoms with Crippen LogP contribution >= 0.6 is 0 Å². The number of benzene rings is 3. The molecule has 1 aliphatic rings. The number of nitrogens with one attached hydrogen (secondary N) is 1. The molecule has 0 bridgehead atoms. The normalized spacial score (nSPS) is 13.6. The number of amides is 2. The number of hydrogen-bond acceptors (Lipinski definition) is 5. The summed E-state index contributed by atoms with van der Waals surface area (Å²) in [6.45, 7) is 6.37. The molecule has 1 heterocycles. The zero-order chi connectivity index (χ0) is 23.4. The Morgan fingerprint density at radius 2 is 1.45 bits per heavy atom. The van der Waals surface area contributed by atoms with Gasteiger partial charge in [0, 0.05) is 5.69 Å². The standard InChI is InChI=1S/C27H26N2O4/c1-4-32-22-14-10-20(11-15-22)28-25-24(19-8-6-5-7-9-19)26(30)29(27(25)31)21-12-16-23(17-13-21)33-18(2)3/h5-18,28H,4H2,1-3H3. The van der Waals surface area contributed by atoms with E-state index in [0.717, 1.165) is 5.75 Å². The lowest BCUT2D eigenvalue weighted by molar-refractivity contribution is -0.120. The van der Waals surface area contributed by atoms with Gasteiger partial charge in [0.25, 0.3) is 11.8 Å². The van der Waals surface area contributed by atoms with Gasteiger partial charge in [0.05, 0.1) is 24.0 Å². The average molecular weight is 443 g/mol. The van der Waals surface area contributed by atoms with E-state index < -0.39 is 5.91 Å². The number of nitrogens with zero attached hydrogens (tertiary/aromatic N) is 1. The highest BCUT2D eigenvalue weighted by Crippen LogP contribution is 2.34.